The Morgan fingerprint density at radius 2 is 1.85 bits per heavy atom. The number of carbonyl (C=O) groups excluding carboxylic acids is 3. The van der Waals surface area contributed by atoms with Gasteiger partial charge in [-0.15, -0.1) is 0 Å². The van der Waals surface area contributed by atoms with Gasteiger partial charge in [-0.25, -0.2) is 0 Å². The number of amides is 2. The maximum atomic E-state index is 13.0. The fourth-order valence-corrected chi connectivity index (χ4v) is 4.45. The Morgan fingerprint density at radius 1 is 1.08 bits per heavy atom. The molecule has 2 amide bonds. The smallest absolute Gasteiger partial charge is 0.253 e. The van der Waals surface area contributed by atoms with Crippen LogP contribution < -0.4 is 0 Å². The maximum Gasteiger partial charge on any atom is 0.253 e. The highest BCUT2D eigenvalue weighted by molar-refractivity contribution is 6.00. The van der Waals surface area contributed by atoms with E-state index in [1.807, 2.05) is 4.90 Å². The van der Waals surface area contributed by atoms with Crippen molar-refractivity contribution in [1.82, 2.24) is 9.80 Å². The Hall–Kier alpha value is -2.17. The molecule has 0 radical (unpaired) electrons. The first-order chi connectivity index (χ1) is 12.5. The number of rotatable bonds is 4. The zero-order valence-corrected chi connectivity index (χ0v) is 15.3. The standard InChI is InChI=1S/C21H26N2O3/c1-14(24)16-6-3-7-17(10-16)20(25)22-12-18-8-9-19(13-22)23(21(18)26)11-15-4-2-5-15/h3,6-7,10,15,18-19H,2,4-5,8-9,11-13H2,1H3. The van der Waals surface area contributed by atoms with Crippen molar-refractivity contribution in [3.05, 3.63) is 35.4 Å². The lowest BCUT2D eigenvalue weighted by atomic mass is 9.83. The van der Waals surface area contributed by atoms with Gasteiger partial charge in [-0.2, -0.15) is 0 Å². The molecule has 3 heterocycles. The summed E-state index contributed by atoms with van der Waals surface area (Å²) in [6.07, 6.45) is 5.59. The van der Waals surface area contributed by atoms with Crippen LogP contribution in [-0.2, 0) is 4.79 Å². The highest BCUT2D eigenvalue weighted by Gasteiger charge is 2.43. The molecule has 138 valence electrons. The molecule has 5 rings (SSSR count). The Kier molecular flexibility index (Phi) is 4.55. The monoisotopic (exact) mass is 354 g/mol. The molecule has 2 atom stereocenters. The van der Waals surface area contributed by atoms with Crippen LogP contribution in [0.3, 0.4) is 0 Å². The van der Waals surface area contributed by atoms with E-state index in [0.29, 0.717) is 30.1 Å². The molecule has 4 aliphatic rings. The largest absolute Gasteiger partial charge is 0.337 e. The summed E-state index contributed by atoms with van der Waals surface area (Å²) in [7, 11) is 0. The molecule has 2 bridgehead atoms. The van der Waals surface area contributed by atoms with E-state index < -0.39 is 0 Å². The minimum Gasteiger partial charge on any atom is -0.337 e. The highest BCUT2D eigenvalue weighted by Crippen LogP contribution is 2.34. The second-order valence-corrected chi connectivity index (χ2v) is 8.06. The normalized spacial score (nSPS) is 25.8. The van der Waals surface area contributed by atoms with Crippen LogP contribution in [0.2, 0.25) is 0 Å². The van der Waals surface area contributed by atoms with Crippen molar-refractivity contribution < 1.29 is 14.4 Å². The zero-order chi connectivity index (χ0) is 18.3. The molecule has 0 N–H and O–H groups in total. The fourth-order valence-electron chi connectivity index (χ4n) is 4.45. The molecular formula is C21H26N2O3. The molecular weight excluding hydrogens is 328 g/mol. The van der Waals surface area contributed by atoms with Gasteiger partial charge in [0.15, 0.2) is 5.78 Å². The number of hydrogen-bond donors (Lipinski definition) is 0. The third kappa shape index (κ3) is 3.15. The van der Waals surface area contributed by atoms with E-state index in [9.17, 15) is 14.4 Å². The van der Waals surface area contributed by atoms with E-state index >= 15 is 0 Å². The van der Waals surface area contributed by atoms with Crippen molar-refractivity contribution in [1.29, 1.82) is 0 Å². The number of nitrogens with zero attached hydrogens (tertiary/aromatic N) is 2. The van der Waals surface area contributed by atoms with Crippen LogP contribution >= 0.6 is 0 Å². The molecule has 3 aliphatic heterocycles. The van der Waals surface area contributed by atoms with Crippen LogP contribution in [0.15, 0.2) is 24.3 Å². The minimum absolute atomic E-state index is 0.0440. The summed E-state index contributed by atoms with van der Waals surface area (Å²) < 4.78 is 0. The van der Waals surface area contributed by atoms with E-state index in [4.69, 9.17) is 0 Å². The number of benzene rings is 1. The van der Waals surface area contributed by atoms with E-state index in [-0.39, 0.29) is 29.6 Å². The molecule has 1 aliphatic carbocycles. The first kappa shape index (κ1) is 17.3. The van der Waals surface area contributed by atoms with Gasteiger partial charge in [-0.1, -0.05) is 18.6 Å². The lowest BCUT2D eigenvalue weighted by Gasteiger charge is -2.40. The van der Waals surface area contributed by atoms with Crippen LogP contribution in [-0.4, -0.2) is 53.1 Å². The summed E-state index contributed by atoms with van der Waals surface area (Å²) >= 11 is 0. The topological polar surface area (TPSA) is 57.7 Å². The van der Waals surface area contributed by atoms with Crippen LogP contribution in [0.5, 0.6) is 0 Å². The van der Waals surface area contributed by atoms with Crippen molar-refractivity contribution in [2.45, 2.75) is 45.1 Å². The van der Waals surface area contributed by atoms with Gasteiger partial charge in [0.2, 0.25) is 5.91 Å². The second kappa shape index (κ2) is 6.86. The number of piperidine rings is 1. The molecule has 1 aromatic rings. The van der Waals surface area contributed by atoms with Gasteiger partial charge in [0.25, 0.3) is 5.91 Å². The Bertz CT molecular complexity index is 741. The zero-order valence-electron chi connectivity index (χ0n) is 15.3. The molecule has 4 fully saturated rings. The van der Waals surface area contributed by atoms with Crippen molar-refractivity contribution in [2.24, 2.45) is 11.8 Å². The molecule has 1 aromatic carbocycles. The third-order valence-corrected chi connectivity index (χ3v) is 6.28. The lowest BCUT2D eigenvalue weighted by Crippen LogP contribution is -2.50. The van der Waals surface area contributed by atoms with Gasteiger partial charge in [0.05, 0.1) is 5.92 Å². The molecule has 3 saturated heterocycles. The van der Waals surface area contributed by atoms with Crippen molar-refractivity contribution in [2.75, 3.05) is 19.6 Å². The Balaban J connectivity index is 1.53. The first-order valence-electron chi connectivity index (χ1n) is 9.73. The van der Waals surface area contributed by atoms with Crippen LogP contribution in [0.25, 0.3) is 0 Å². The Labute approximate surface area is 154 Å². The second-order valence-electron chi connectivity index (χ2n) is 8.06. The highest BCUT2D eigenvalue weighted by atomic mass is 16.2. The van der Waals surface area contributed by atoms with Crippen LogP contribution in [0, 0.1) is 11.8 Å². The van der Waals surface area contributed by atoms with E-state index in [2.05, 4.69) is 4.90 Å². The van der Waals surface area contributed by atoms with Gasteiger partial charge in [0, 0.05) is 36.8 Å². The molecule has 2 unspecified atom stereocenters. The van der Waals surface area contributed by atoms with Gasteiger partial charge < -0.3 is 9.80 Å². The van der Waals surface area contributed by atoms with Crippen molar-refractivity contribution >= 4 is 17.6 Å². The van der Waals surface area contributed by atoms with Crippen molar-refractivity contribution in [3.63, 3.8) is 0 Å². The van der Waals surface area contributed by atoms with E-state index in [1.165, 1.54) is 26.2 Å². The van der Waals surface area contributed by atoms with Crippen molar-refractivity contribution in [3.8, 4) is 0 Å². The molecule has 5 heteroatoms. The first-order valence-corrected chi connectivity index (χ1v) is 9.73. The van der Waals surface area contributed by atoms with Crippen LogP contribution in [0.1, 0.15) is 59.7 Å². The van der Waals surface area contributed by atoms with Crippen LogP contribution in [0.4, 0.5) is 0 Å². The summed E-state index contributed by atoms with van der Waals surface area (Å²) in [5.74, 6) is 0.699. The molecule has 0 aromatic heterocycles. The summed E-state index contributed by atoms with van der Waals surface area (Å²) in [4.78, 5) is 41.4. The lowest BCUT2D eigenvalue weighted by molar-refractivity contribution is -0.141. The number of ketones is 1. The molecule has 0 spiro atoms. The molecule has 26 heavy (non-hydrogen) atoms. The summed E-state index contributed by atoms with van der Waals surface area (Å²) in [5, 5.41) is 0. The van der Waals surface area contributed by atoms with E-state index in [0.717, 1.165) is 19.4 Å². The predicted molar refractivity (Wildman–Crippen MR) is 97.9 cm³/mol. The van der Waals surface area contributed by atoms with Gasteiger partial charge in [-0.3, -0.25) is 14.4 Å². The van der Waals surface area contributed by atoms with Gasteiger partial charge in [0.1, 0.15) is 0 Å². The summed E-state index contributed by atoms with van der Waals surface area (Å²) in [5.41, 5.74) is 1.09. The minimum atomic E-state index is -0.0752. The average Bonchev–Trinajstić information content (AvgIpc) is 2.89. The van der Waals surface area contributed by atoms with E-state index in [1.54, 1.807) is 24.3 Å². The number of Topliss-reactive ketones (excluding diaryl/α,β-unsaturated/α-hetero) is 1. The van der Waals surface area contributed by atoms with Gasteiger partial charge >= 0.3 is 0 Å². The maximum absolute atomic E-state index is 13.0. The van der Waals surface area contributed by atoms with Gasteiger partial charge in [-0.05, 0) is 50.7 Å². The predicted octanol–water partition coefficient (Wildman–Crippen LogP) is 2.75. The summed E-state index contributed by atoms with van der Waals surface area (Å²) in [6.45, 7) is 3.48. The fraction of sp³-hybridized carbons (Fsp3) is 0.571. The summed E-state index contributed by atoms with van der Waals surface area (Å²) in [6, 6.07) is 7.06. The molecule has 5 nitrogen and oxygen atoms in total. The number of hydrogen-bond acceptors (Lipinski definition) is 3. The SMILES string of the molecule is CC(=O)c1cccc(C(=O)N2CC3CCC(C2)N(CC2CCC2)C3=O)c1. The number of fused-ring (bicyclic) bond motifs is 4. The average molecular weight is 354 g/mol. The quantitative estimate of drug-likeness (QED) is 0.781. The third-order valence-electron chi connectivity index (χ3n) is 6.28. The Morgan fingerprint density at radius 3 is 2.54 bits per heavy atom. The number of carbonyl (C=O) groups is 3. The molecule has 1 saturated carbocycles.